The number of fused-ring (bicyclic) bond motifs is 1. The number of nitrogens with one attached hydrogen (secondary N) is 1. The van der Waals surface area contributed by atoms with E-state index in [1.54, 1.807) is 22.9 Å². The number of rotatable bonds is 2. The molecule has 108 valence electrons. The van der Waals surface area contributed by atoms with Crippen LogP contribution in [0.1, 0.15) is 29.4 Å². The van der Waals surface area contributed by atoms with Gasteiger partial charge in [0.05, 0.1) is 11.4 Å². The van der Waals surface area contributed by atoms with Gasteiger partial charge in [0.1, 0.15) is 6.04 Å². The number of phenolic OH excluding ortho intramolecular Hbond substituents is 1. The lowest BCUT2D eigenvalue weighted by Crippen LogP contribution is -2.31. The van der Waals surface area contributed by atoms with Gasteiger partial charge in [-0.25, -0.2) is 4.39 Å². The highest BCUT2D eigenvalue weighted by Gasteiger charge is 2.29. The SMILES string of the molecule is O=C1CCC(C(=O)Nc2cccc(O)c2F)n2cccc21. The summed E-state index contributed by atoms with van der Waals surface area (Å²) >= 11 is 0. The number of Topliss-reactive ketones (excluding diaryl/α,β-unsaturated/α-hetero) is 1. The highest BCUT2D eigenvalue weighted by atomic mass is 19.1. The molecule has 2 aromatic rings. The summed E-state index contributed by atoms with van der Waals surface area (Å²) in [6.07, 6.45) is 2.31. The average molecular weight is 288 g/mol. The Kier molecular flexibility index (Phi) is 3.21. The highest BCUT2D eigenvalue weighted by Crippen LogP contribution is 2.28. The second-order valence-corrected chi connectivity index (χ2v) is 4.91. The van der Waals surface area contributed by atoms with E-state index in [0.29, 0.717) is 12.1 Å². The van der Waals surface area contributed by atoms with Gasteiger partial charge in [-0.15, -0.1) is 0 Å². The van der Waals surface area contributed by atoms with Crippen molar-refractivity contribution in [2.24, 2.45) is 0 Å². The summed E-state index contributed by atoms with van der Waals surface area (Å²) in [5, 5.41) is 11.8. The molecule has 5 nitrogen and oxygen atoms in total. The summed E-state index contributed by atoms with van der Waals surface area (Å²) in [6.45, 7) is 0. The molecule has 2 heterocycles. The zero-order valence-electron chi connectivity index (χ0n) is 11.0. The van der Waals surface area contributed by atoms with Crippen LogP contribution >= 0.6 is 0 Å². The molecule has 1 aromatic heterocycles. The van der Waals surface area contributed by atoms with E-state index in [1.165, 1.54) is 18.2 Å². The van der Waals surface area contributed by atoms with E-state index in [9.17, 15) is 19.1 Å². The van der Waals surface area contributed by atoms with E-state index in [-0.39, 0.29) is 17.9 Å². The Hall–Kier alpha value is -2.63. The molecule has 0 fully saturated rings. The molecule has 1 unspecified atom stereocenters. The van der Waals surface area contributed by atoms with Crippen molar-refractivity contribution in [3.63, 3.8) is 0 Å². The molecule has 0 aliphatic carbocycles. The maximum Gasteiger partial charge on any atom is 0.247 e. The van der Waals surface area contributed by atoms with Gasteiger partial charge in [-0.1, -0.05) is 6.07 Å². The summed E-state index contributed by atoms with van der Waals surface area (Å²) in [4.78, 5) is 24.0. The molecule has 0 spiro atoms. The fourth-order valence-corrected chi connectivity index (χ4v) is 2.53. The first-order valence-electron chi connectivity index (χ1n) is 6.56. The Labute approximate surface area is 120 Å². The fourth-order valence-electron chi connectivity index (χ4n) is 2.53. The number of carbonyl (C=O) groups excluding carboxylic acids is 2. The molecular formula is C15H13FN2O3. The van der Waals surface area contributed by atoms with Crippen molar-refractivity contribution in [1.82, 2.24) is 4.57 Å². The Bertz CT molecular complexity index is 723. The lowest BCUT2D eigenvalue weighted by molar-refractivity contribution is -0.119. The number of amides is 1. The molecule has 1 aliphatic rings. The maximum atomic E-state index is 13.7. The normalized spacial score (nSPS) is 17.4. The van der Waals surface area contributed by atoms with Gasteiger partial charge in [0.2, 0.25) is 5.91 Å². The molecule has 0 saturated carbocycles. The largest absolute Gasteiger partial charge is 0.505 e. The van der Waals surface area contributed by atoms with Gasteiger partial charge in [-0.3, -0.25) is 9.59 Å². The minimum atomic E-state index is -0.870. The number of carbonyl (C=O) groups is 2. The Morgan fingerprint density at radius 2 is 2.14 bits per heavy atom. The number of ketones is 1. The van der Waals surface area contributed by atoms with Gasteiger partial charge < -0.3 is 15.0 Å². The number of anilines is 1. The predicted octanol–water partition coefficient (Wildman–Crippen LogP) is 2.49. The number of nitrogens with zero attached hydrogens (tertiary/aromatic N) is 1. The first-order valence-corrected chi connectivity index (χ1v) is 6.56. The highest BCUT2D eigenvalue weighted by molar-refractivity contribution is 6.00. The van der Waals surface area contributed by atoms with Crippen LogP contribution in [0.5, 0.6) is 5.75 Å². The van der Waals surface area contributed by atoms with Crippen molar-refractivity contribution in [3.05, 3.63) is 48.0 Å². The van der Waals surface area contributed by atoms with Crippen LogP contribution in [-0.2, 0) is 4.79 Å². The summed E-state index contributed by atoms with van der Waals surface area (Å²) in [6, 6.07) is 6.82. The van der Waals surface area contributed by atoms with E-state index in [0.717, 1.165) is 0 Å². The molecule has 0 radical (unpaired) electrons. The minimum absolute atomic E-state index is 0.00686. The summed E-state index contributed by atoms with van der Waals surface area (Å²) in [5.74, 6) is -1.81. The molecule has 2 N–H and O–H groups in total. The maximum absolute atomic E-state index is 13.7. The van der Waals surface area contributed by atoms with E-state index in [1.807, 2.05) is 0 Å². The number of hydrogen-bond acceptors (Lipinski definition) is 3. The molecule has 1 aromatic carbocycles. The molecule has 6 heteroatoms. The van der Waals surface area contributed by atoms with Crippen molar-refractivity contribution in [2.45, 2.75) is 18.9 Å². The number of aromatic nitrogens is 1. The number of aromatic hydroxyl groups is 1. The van der Waals surface area contributed by atoms with E-state index >= 15 is 0 Å². The topological polar surface area (TPSA) is 71.3 Å². The van der Waals surface area contributed by atoms with Crippen LogP contribution in [0.15, 0.2) is 36.5 Å². The Balaban J connectivity index is 1.86. The molecule has 3 rings (SSSR count). The molecule has 21 heavy (non-hydrogen) atoms. The summed E-state index contributed by atoms with van der Waals surface area (Å²) in [7, 11) is 0. The van der Waals surface area contributed by atoms with Crippen LogP contribution in [-0.4, -0.2) is 21.4 Å². The number of halogens is 1. The number of benzene rings is 1. The second kappa shape index (κ2) is 5.05. The standard InChI is InChI=1S/C15H13FN2O3/c16-14-9(3-1-5-13(14)20)17-15(21)11-6-7-12(19)10-4-2-8-18(10)11/h1-5,8,11,20H,6-7H2,(H,17,21). The smallest absolute Gasteiger partial charge is 0.247 e. The van der Waals surface area contributed by atoms with Gasteiger partial charge in [-0.2, -0.15) is 0 Å². The first-order chi connectivity index (χ1) is 10.1. The van der Waals surface area contributed by atoms with Crippen LogP contribution in [0.2, 0.25) is 0 Å². The Morgan fingerprint density at radius 1 is 1.33 bits per heavy atom. The molecule has 1 aliphatic heterocycles. The number of hydrogen-bond donors (Lipinski definition) is 2. The molecule has 1 atom stereocenters. The van der Waals surface area contributed by atoms with E-state index in [2.05, 4.69) is 5.32 Å². The third-order valence-corrected chi connectivity index (χ3v) is 3.58. The first kappa shape index (κ1) is 13.4. The minimum Gasteiger partial charge on any atom is -0.505 e. The third kappa shape index (κ3) is 2.29. The molecule has 1 amide bonds. The van der Waals surface area contributed by atoms with Crippen LogP contribution < -0.4 is 5.32 Å². The fraction of sp³-hybridized carbons (Fsp3) is 0.200. The molecule has 0 bridgehead atoms. The van der Waals surface area contributed by atoms with Gasteiger partial charge in [0.15, 0.2) is 17.3 Å². The predicted molar refractivity (Wildman–Crippen MR) is 73.7 cm³/mol. The van der Waals surface area contributed by atoms with Gasteiger partial charge >= 0.3 is 0 Å². The van der Waals surface area contributed by atoms with Crippen molar-refractivity contribution >= 4 is 17.4 Å². The quantitative estimate of drug-likeness (QED) is 0.891. The Morgan fingerprint density at radius 3 is 2.95 bits per heavy atom. The molecule has 0 saturated heterocycles. The van der Waals surface area contributed by atoms with Crippen LogP contribution in [0.3, 0.4) is 0 Å². The van der Waals surface area contributed by atoms with Gasteiger partial charge in [0, 0.05) is 12.6 Å². The van der Waals surface area contributed by atoms with Crippen molar-refractivity contribution in [3.8, 4) is 5.75 Å². The third-order valence-electron chi connectivity index (χ3n) is 3.58. The average Bonchev–Trinajstić information content (AvgIpc) is 2.94. The van der Waals surface area contributed by atoms with E-state index < -0.39 is 23.5 Å². The van der Waals surface area contributed by atoms with Crippen molar-refractivity contribution < 1.29 is 19.1 Å². The van der Waals surface area contributed by atoms with Crippen LogP contribution in [0.4, 0.5) is 10.1 Å². The van der Waals surface area contributed by atoms with Crippen LogP contribution in [0.25, 0.3) is 0 Å². The lowest BCUT2D eigenvalue weighted by Gasteiger charge is -2.24. The van der Waals surface area contributed by atoms with Gasteiger partial charge in [0.25, 0.3) is 0 Å². The van der Waals surface area contributed by atoms with Crippen LogP contribution in [0, 0.1) is 5.82 Å². The summed E-state index contributed by atoms with van der Waals surface area (Å²) in [5.41, 5.74) is 0.406. The zero-order valence-corrected chi connectivity index (χ0v) is 11.0. The van der Waals surface area contributed by atoms with E-state index in [4.69, 9.17) is 0 Å². The van der Waals surface area contributed by atoms with Gasteiger partial charge in [-0.05, 0) is 30.7 Å². The second-order valence-electron chi connectivity index (χ2n) is 4.91. The lowest BCUT2D eigenvalue weighted by atomic mass is 10.0. The number of phenols is 1. The van der Waals surface area contributed by atoms with Crippen molar-refractivity contribution in [2.75, 3.05) is 5.32 Å². The summed E-state index contributed by atoms with van der Waals surface area (Å²) < 4.78 is 15.3. The monoisotopic (exact) mass is 288 g/mol. The molecular weight excluding hydrogens is 275 g/mol. The van der Waals surface area contributed by atoms with Crippen molar-refractivity contribution in [1.29, 1.82) is 0 Å². The zero-order chi connectivity index (χ0) is 15.0.